The van der Waals surface area contributed by atoms with Crippen LogP contribution < -0.4 is 5.32 Å². The summed E-state index contributed by atoms with van der Waals surface area (Å²) in [4.78, 5) is 18.1. The molecule has 1 N–H and O–H groups in total. The summed E-state index contributed by atoms with van der Waals surface area (Å²) in [5, 5.41) is 5.40. The molecule has 0 aliphatic heterocycles. The van der Waals surface area contributed by atoms with E-state index in [2.05, 4.69) is 17.4 Å². The Morgan fingerprint density at radius 3 is 1.93 bits per heavy atom. The molecule has 0 atom stereocenters. The van der Waals surface area contributed by atoms with Gasteiger partial charge in [-0.25, -0.2) is 4.99 Å². The fourth-order valence-corrected chi connectivity index (χ4v) is 3.57. The standard InChI is InChI=1S/C26H18N2O/c29-26-23-16-19-10-8-7-9-18(19)15-22(23)24(27-20-11-3-1-4-12-20)17-25(26)28-21-13-5-2-6-14-21/h1-17,28H. The molecule has 0 unspecified atom stereocenters. The molecular formula is C26H18N2O. The van der Waals surface area contributed by atoms with Gasteiger partial charge in [-0.1, -0.05) is 60.7 Å². The second-order valence-electron chi connectivity index (χ2n) is 6.96. The van der Waals surface area contributed by atoms with Crippen LogP contribution in [0.2, 0.25) is 0 Å². The van der Waals surface area contributed by atoms with Gasteiger partial charge in [-0.05, 0) is 53.2 Å². The number of hydrogen-bond donors (Lipinski definition) is 1. The van der Waals surface area contributed by atoms with Gasteiger partial charge in [0.25, 0.3) is 0 Å². The number of hydrogen-bond acceptors (Lipinski definition) is 3. The summed E-state index contributed by atoms with van der Waals surface area (Å²) >= 11 is 0. The van der Waals surface area contributed by atoms with Crippen molar-refractivity contribution in [1.82, 2.24) is 0 Å². The van der Waals surface area contributed by atoms with Crippen LogP contribution in [0.3, 0.4) is 0 Å². The van der Waals surface area contributed by atoms with E-state index in [1.165, 1.54) is 0 Å². The van der Waals surface area contributed by atoms with Gasteiger partial charge < -0.3 is 5.32 Å². The van der Waals surface area contributed by atoms with Crippen molar-refractivity contribution < 1.29 is 4.79 Å². The molecule has 0 aromatic heterocycles. The van der Waals surface area contributed by atoms with Crippen LogP contribution in [-0.2, 0) is 0 Å². The zero-order valence-corrected chi connectivity index (χ0v) is 15.7. The van der Waals surface area contributed by atoms with Crippen LogP contribution in [0.4, 0.5) is 11.4 Å². The number of para-hydroxylation sites is 2. The van der Waals surface area contributed by atoms with E-state index in [1.54, 1.807) is 0 Å². The van der Waals surface area contributed by atoms with Crippen molar-refractivity contribution in [3.63, 3.8) is 0 Å². The van der Waals surface area contributed by atoms with Crippen LogP contribution in [-0.4, -0.2) is 11.5 Å². The van der Waals surface area contributed by atoms with Gasteiger partial charge in [-0.2, -0.15) is 0 Å². The zero-order valence-electron chi connectivity index (χ0n) is 15.7. The molecule has 0 amide bonds. The first-order valence-electron chi connectivity index (χ1n) is 9.53. The number of nitrogens with one attached hydrogen (secondary N) is 1. The molecular weight excluding hydrogens is 356 g/mol. The molecule has 4 aromatic carbocycles. The molecule has 5 rings (SSSR count). The highest BCUT2D eigenvalue weighted by Crippen LogP contribution is 2.29. The van der Waals surface area contributed by atoms with E-state index < -0.39 is 0 Å². The Balaban J connectivity index is 1.69. The van der Waals surface area contributed by atoms with E-state index in [0.717, 1.165) is 33.4 Å². The monoisotopic (exact) mass is 374 g/mol. The molecule has 138 valence electrons. The third kappa shape index (κ3) is 3.34. The normalized spacial score (nSPS) is 14.6. The van der Waals surface area contributed by atoms with E-state index in [9.17, 15) is 4.79 Å². The summed E-state index contributed by atoms with van der Waals surface area (Å²) in [6, 6.07) is 31.6. The summed E-state index contributed by atoms with van der Waals surface area (Å²) in [6.07, 6.45) is 1.85. The van der Waals surface area contributed by atoms with Crippen molar-refractivity contribution >= 4 is 33.6 Å². The molecule has 4 aromatic rings. The van der Waals surface area contributed by atoms with E-state index in [0.29, 0.717) is 11.3 Å². The first-order chi connectivity index (χ1) is 14.3. The third-order valence-electron chi connectivity index (χ3n) is 4.99. The first-order valence-corrected chi connectivity index (χ1v) is 9.53. The van der Waals surface area contributed by atoms with Crippen LogP contribution in [0.5, 0.6) is 0 Å². The predicted molar refractivity (Wildman–Crippen MR) is 119 cm³/mol. The maximum atomic E-state index is 13.3. The Hall–Kier alpha value is -3.98. The Morgan fingerprint density at radius 1 is 0.655 bits per heavy atom. The minimum absolute atomic E-state index is 0.0263. The molecule has 1 aliphatic rings. The molecule has 0 bridgehead atoms. The fourth-order valence-electron chi connectivity index (χ4n) is 3.57. The van der Waals surface area contributed by atoms with Gasteiger partial charge in [0.15, 0.2) is 0 Å². The lowest BCUT2D eigenvalue weighted by Crippen LogP contribution is -2.22. The summed E-state index contributed by atoms with van der Waals surface area (Å²) in [6.45, 7) is 0. The predicted octanol–water partition coefficient (Wildman–Crippen LogP) is 6.15. The van der Waals surface area contributed by atoms with Gasteiger partial charge in [-0.3, -0.25) is 4.79 Å². The van der Waals surface area contributed by atoms with Gasteiger partial charge in [0.1, 0.15) is 0 Å². The molecule has 3 nitrogen and oxygen atoms in total. The minimum Gasteiger partial charge on any atom is -0.352 e. The highest BCUT2D eigenvalue weighted by atomic mass is 16.1. The number of carbonyl (C=O) groups is 1. The van der Waals surface area contributed by atoms with Crippen molar-refractivity contribution in [2.45, 2.75) is 0 Å². The number of aliphatic imine (C=N–C) groups is 1. The molecule has 0 fully saturated rings. The number of carbonyl (C=O) groups excluding carboxylic acids is 1. The number of benzene rings is 4. The van der Waals surface area contributed by atoms with Crippen LogP contribution in [0.25, 0.3) is 10.8 Å². The van der Waals surface area contributed by atoms with Gasteiger partial charge in [0.2, 0.25) is 5.78 Å². The minimum atomic E-state index is -0.0263. The van der Waals surface area contributed by atoms with E-state index in [-0.39, 0.29) is 5.78 Å². The molecule has 0 radical (unpaired) electrons. The van der Waals surface area contributed by atoms with Crippen molar-refractivity contribution in [2.75, 3.05) is 5.32 Å². The van der Waals surface area contributed by atoms with Gasteiger partial charge in [0.05, 0.1) is 17.1 Å². The highest BCUT2D eigenvalue weighted by molar-refractivity contribution is 6.28. The number of anilines is 1. The lowest BCUT2D eigenvalue weighted by Gasteiger charge is -2.20. The van der Waals surface area contributed by atoms with Crippen LogP contribution in [0, 0.1) is 0 Å². The number of ketones is 1. The average molecular weight is 374 g/mol. The second-order valence-corrected chi connectivity index (χ2v) is 6.96. The van der Waals surface area contributed by atoms with Crippen LogP contribution >= 0.6 is 0 Å². The summed E-state index contributed by atoms with van der Waals surface area (Å²) in [7, 11) is 0. The largest absolute Gasteiger partial charge is 0.352 e. The number of nitrogens with zero attached hydrogens (tertiary/aromatic N) is 1. The quantitative estimate of drug-likeness (QED) is 0.467. The van der Waals surface area contributed by atoms with Gasteiger partial charge >= 0.3 is 0 Å². The summed E-state index contributed by atoms with van der Waals surface area (Å²) < 4.78 is 0. The Labute approximate surface area is 169 Å². The Kier molecular flexibility index (Phi) is 4.26. The van der Waals surface area contributed by atoms with Crippen molar-refractivity contribution in [1.29, 1.82) is 0 Å². The molecule has 29 heavy (non-hydrogen) atoms. The molecule has 0 saturated heterocycles. The highest BCUT2D eigenvalue weighted by Gasteiger charge is 2.25. The number of Topliss-reactive ketones (excluding diaryl/α,β-unsaturated/α-hetero) is 1. The molecule has 0 saturated carbocycles. The van der Waals surface area contributed by atoms with Gasteiger partial charge in [-0.15, -0.1) is 0 Å². The Bertz CT molecular complexity index is 1270. The third-order valence-corrected chi connectivity index (χ3v) is 4.99. The van der Waals surface area contributed by atoms with Crippen LogP contribution in [0.1, 0.15) is 15.9 Å². The number of rotatable bonds is 3. The lowest BCUT2D eigenvalue weighted by molar-refractivity contribution is 0.103. The maximum Gasteiger partial charge on any atom is 0.209 e. The average Bonchev–Trinajstić information content (AvgIpc) is 2.77. The van der Waals surface area contributed by atoms with Crippen LogP contribution in [0.15, 0.2) is 114 Å². The SMILES string of the molecule is O=C1C(Nc2ccccc2)=CC(=Nc2ccccc2)c2cc3ccccc3cc21. The number of allylic oxidation sites excluding steroid dienone is 2. The first kappa shape index (κ1) is 17.1. The van der Waals surface area contributed by atoms with Crippen molar-refractivity contribution in [3.05, 3.63) is 120 Å². The van der Waals surface area contributed by atoms with Gasteiger partial charge in [0, 0.05) is 16.8 Å². The maximum absolute atomic E-state index is 13.3. The van der Waals surface area contributed by atoms with E-state index in [4.69, 9.17) is 4.99 Å². The Morgan fingerprint density at radius 2 is 1.24 bits per heavy atom. The zero-order chi connectivity index (χ0) is 19.6. The van der Waals surface area contributed by atoms with E-state index >= 15 is 0 Å². The summed E-state index contributed by atoms with van der Waals surface area (Å²) in [5.41, 5.74) is 4.54. The fraction of sp³-hybridized carbons (Fsp3) is 0. The number of fused-ring (bicyclic) bond motifs is 2. The van der Waals surface area contributed by atoms with E-state index in [1.807, 2.05) is 91.0 Å². The molecule has 3 heteroatoms. The summed E-state index contributed by atoms with van der Waals surface area (Å²) in [5.74, 6) is -0.0263. The molecule has 0 heterocycles. The smallest absolute Gasteiger partial charge is 0.209 e. The topological polar surface area (TPSA) is 41.5 Å². The molecule has 0 spiro atoms. The lowest BCUT2D eigenvalue weighted by atomic mass is 9.89. The van der Waals surface area contributed by atoms with Crippen molar-refractivity contribution in [2.24, 2.45) is 4.99 Å². The van der Waals surface area contributed by atoms with Crippen molar-refractivity contribution in [3.8, 4) is 0 Å². The second kappa shape index (κ2) is 7.21. The molecule has 1 aliphatic carbocycles.